The van der Waals surface area contributed by atoms with Crippen molar-refractivity contribution in [1.82, 2.24) is 4.72 Å². The summed E-state index contributed by atoms with van der Waals surface area (Å²) in [7, 11) is -3.88. The number of nitrogens with one attached hydrogen (secondary N) is 1. The molecule has 1 aliphatic carbocycles. The summed E-state index contributed by atoms with van der Waals surface area (Å²) in [5.74, 6) is -2.18. The minimum Gasteiger partial charge on any atom is -0.478 e. The van der Waals surface area contributed by atoms with Gasteiger partial charge in [0.1, 0.15) is 5.82 Å². The Morgan fingerprint density at radius 3 is 2.50 bits per heavy atom. The second-order valence-corrected chi connectivity index (χ2v) is 7.23. The van der Waals surface area contributed by atoms with Crippen LogP contribution in [-0.4, -0.2) is 25.0 Å². The van der Waals surface area contributed by atoms with Crippen molar-refractivity contribution in [1.29, 1.82) is 0 Å². The van der Waals surface area contributed by atoms with Crippen LogP contribution in [0.5, 0.6) is 0 Å². The molecular formula is C13H16FNO4S. The number of hydrogen-bond acceptors (Lipinski definition) is 3. The van der Waals surface area contributed by atoms with E-state index in [0.717, 1.165) is 31.0 Å². The Labute approximate surface area is 116 Å². The fraction of sp³-hybridized carbons (Fsp3) is 0.462. The molecule has 0 spiro atoms. The molecule has 0 atom stereocenters. The van der Waals surface area contributed by atoms with E-state index in [4.69, 9.17) is 5.11 Å². The number of hydrogen-bond donors (Lipinski definition) is 2. The van der Waals surface area contributed by atoms with E-state index < -0.39 is 32.9 Å². The first-order chi connectivity index (χ1) is 9.13. The van der Waals surface area contributed by atoms with Crippen LogP contribution < -0.4 is 4.72 Å². The highest BCUT2D eigenvalue weighted by molar-refractivity contribution is 7.89. The monoisotopic (exact) mass is 301 g/mol. The zero-order valence-electron chi connectivity index (χ0n) is 11.2. The lowest BCUT2D eigenvalue weighted by molar-refractivity contribution is 0.0691. The maximum absolute atomic E-state index is 13.3. The largest absolute Gasteiger partial charge is 0.478 e. The standard InChI is InChI=1S/C13H16FNO4S/c1-13(2,8-3-4-8)15-20(18,19)9-5-6-11(14)10(7-9)12(16)17/h5-8,15H,3-4H2,1-2H3,(H,16,17). The molecule has 1 fully saturated rings. The summed E-state index contributed by atoms with van der Waals surface area (Å²) in [6.45, 7) is 3.56. The molecule has 0 heterocycles. The van der Waals surface area contributed by atoms with Crippen LogP contribution in [0.1, 0.15) is 37.0 Å². The van der Waals surface area contributed by atoms with E-state index in [-0.39, 0.29) is 10.8 Å². The fourth-order valence-electron chi connectivity index (χ4n) is 2.13. The molecule has 0 amide bonds. The highest BCUT2D eigenvalue weighted by Gasteiger charge is 2.40. The smallest absolute Gasteiger partial charge is 0.338 e. The van der Waals surface area contributed by atoms with Crippen LogP contribution in [0, 0.1) is 11.7 Å². The van der Waals surface area contributed by atoms with Gasteiger partial charge >= 0.3 is 5.97 Å². The molecule has 0 bridgehead atoms. The SMILES string of the molecule is CC(C)(NS(=O)(=O)c1ccc(F)c(C(=O)O)c1)C1CC1. The third kappa shape index (κ3) is 2.99. The summed E-state index contributed by atoms with van der Waals surface area (Å²) in [6.07, 6.45) is 1.92. The van der Waals surface area contributed by atoms with E-state index >= 15 is 0 Å². The summed E-state index contributed by atoms with van der Waals surface area (Å²) in [6, 6.07) is 2.75. The van der Waals surface area contributed by atoms with Crippen LogP contribution in [0.25, 0.3) is 0 Å². The van der Waals surface area contributed by atoms with Crippen LogP contribution in [0.2, 0.25) is 0 Å². The maximum atomic E-state index is 13.3. The first-order valence-electron chi connectivity index (χ1n) is 6.20. The lowest BCUT2D eigenvalue weighted by Gasteiger charge is -2.25. The summed E-state index contributed by atoms with van der Waals surface area (Å²) < 4.78 is 40.3. The molecule has 1 aliphatic rings. The van der Waals surface area contributed by atoms with Crippen molar-refractivity contribution in [2.24, 2.45) is 5.92 Å². The number of aromatic carboxylic acids is 1. The molecule has 110 valence electrons. The molecule has 0 saturated heterocycles. The van der Waals surface area contributed by atoms with E-state index in [1.165, 1.54) is 0 Å². The van der Waals surface area contributed by atoms with E-state index in [0.29, 0.717) is 0 Å². The molecule has 0 aliphatic heterocycles. The van der Waals surface area contributed by atoms with Gasteiger partial charge in [0.15, 0.2) is 0 Å². The molecule has 1 aromatic rings. The van der Waals surface area contributed by atoms with Gasteiger partial charge in [-0.1, -0.05) is 0 Å². The summed E-state index contributed by atoms with van der Waals surface area (Å²) in [5.41, 5.74) is -1.26. The number of carboxylic acids is 1. The van der Waals surface area contributed by atoms with Gasteiger partial charge < -0.3 is 5.11 Å². The predicted octanol–water partition coefficient (Wildman–Crippen LogP) is 1.99. The third-order valence-corrected chi connectivity index (χ3v) is 5.14. The van der Waals surface area contributed by atoms with Crippen LogP contribution in [-0.2, 0) is 10.0 Å². The summed E-state index contributed by atoms with van der Waals surface area (Å²) >= 11 is 0. The average molecular weight is 301 g/mol. The van der Waals surface area contributed by atoms with Gasteiger partial charge in [0, 0.05) is 5.54 Å². The Bertz CT molecular complexity index is 650. The molecule has 2 N–H and O–H groups in total. The van der Waals surface area contributed by atoms with Crippen molar-refractivity contribution in [2.45, 2.75) is 37.1 Å². The Morgan fingerprint density at radius 2 is 2.00 bits per heavy atom. The van der Waals surface area contributed by atoms with Gasteiger partial charge in [-0.25, -0.2) is 22.3 Å². The third-order valence-electron chi connectivity index (χ3n) is 3.47. The molecule has 7 heteroatoms. The first-order valence-corrected chi connectivity index (χ1v) is 7.68. The van der Waals surface area contributed by atoms with E-state index in [9.17, 15) is 17.6 Å². The molecule has 5 nitrogen and oxygen atoms in total. The van der Waals surface area contributed by atoms with Crippen LogP contribution >= 0.6 is 0 Å². The Balaban J connectivity index is 2.34. The maximum Gasteiger partial charge on any atom is 0.338 e. The lowest BCUT2D eigenvalue weighted by atomic mass is 10.0. The van der Waals surface area contributed by atoms with Crippen LogP contribution in [0.3, 0.4) is 0 Å². The molecule has 0 aromatic heterocycles. The minimum absolute atomic E-state index is 0.245. The fourth-order valence-corrected chi connectivity index (χ4v) is 3.63. The Morgan fingerprint density at radius 1 is 1.40 bits per heavy atom. The number of carboxylic acid groups (broad SMARTS) is 1. The van der Waals surface area contributed by atoms with Crippen molar-refractivity contribution in [2.75, 3.05) is 0 Å². The first kappa shape index (κ1) is 14.9. The number of halogens is 1. The molecule has 1 aromatic carbocycles. The van der Waals surface area contributed by atoms with E-state index in [1.807, 2.05) is 0 Å². The van der Waals surface area contributed by atoms with Gasteiger partial charge in [-0.2, -0.15) is 0 Å². The summed E-state index contributed by atoms with van der Waals surface area (Å²) in [4.78, 5) is 10.6. The molecule has 2 rings (SSSR count). The van der Waals surface area contributed by atoms with Gasteiger partial charge in [0.25, 0.3) is 0 Å². The highest BCUT2D eigenvalue weighted by Crippen LogP contribution is 2.39. The van der Waals surface area contributed by atoms with Crippen molar-refractivity contribution in [3.8, 4) is 0 Å². The zero-order valence-corrected chi connectivity index (χ0v) is 12.0. The number of carbonyl (C=O) groups is 1. The zero-order chi connectivity index (χ0) is 15.1. The van der Waals surface area contributed by atoms with Crippen molar-refractivity contribution < 1.29 is 22.7 Å². The van der Waals surface area contributed by atoms with Gasteiger partial charge in [0.2, 0.25) is 10.0 Å². The van der Waals surface area contributed by atoms with Crippen molar-refractivity contribution >= 4 is 16.0 Å². The van der Waals surface area contributed by atoms with Crippen LogP contribution in [0.4, 0.5) is 4.39 Å². The van der Waals surface area contributed by atoms with Crippen molar-refractivity contribution in [3.63, 3.8) is 0 Å². The van der Waals surface area contributed by atoms with Gasteiger partial charge in [-0.15, -0.1) is 0 Å². The van der Waals surface area contributed by atoms with Gasteiger partial charge in [-0.3, -0.25) is 0 Å². The van der Waals surface area contributed by atoms with E-state index in [2.05, 4.69) is 4.72 Å². The van der Waals surface area contributed by atoms with Crippen molar-refractivity contribution in [3.05, 3.63) is 29.6 Å². The second-order valence-electron chi connectivity index (χ2n) is 5.55. The molecular weight excluding hydrogens is 285 g/mol. The Kier molecular flexibility index (Phi) is 3.60. The lowest BCUT2D eigenvalue weighted by Crippen LogP contribution is -2.45. The number of benzene rings is 1. The quantitative estimate of drug-likeness (QED) is 0.871. The average Bonchev–Trinajstić information content (AvgIpc) is 3.11. The van der Waals surface area contributed by atoms with E-state index in [1.54, 1.807) is 13.8 Å². The van der Waals surface area contributed by atoms with Gasteiger partial charge in [-0.05, 0) is 50.8 Å². The molecule has 0 unspecified atom stereocenters. The topological polar surface area (TPSA) is 83.5 Å². The molecule has 1 saturated carbocycles. The second kappa shape index (κ2) is 4.82. The Hall–Kier alpha value is -1.47. The number of sulfonamides is 1. The normalized spacial score (nSPS) is 16.1. The molecule has 0 radical (unpaired) electrons. The summed E-state index contributed by atoms with van der Waals surface area (Å²) in [5, 5.41) is 8.83. The van der Waals surface area contributed by atoms with Crippen LogP contribution in [0.15, 0.2) is 23.1 Å². The highest BCUT2D eigenvalue weighted by atomic mass is 32.2. The molecule has 20 heavy (non-hydrogen) atoms. The number of rotatable bonds is 5. The predicted molar refractivity (Wildman–Crippen MR) is 70.5 cm³/mol. The van der Waals surface area contributed by atoms with Gasteiger partial charge in [0.05, 0.1) is 10.5 Å². The minimum atomic E-state index is -3.88.